The van der Waals surface area contributed by atoms with Crippen molar-refractivity contribution in [3.05, 3.63) is 54.1 Å². The molecule has 0 aliphatic rings. The van der Waals surface area contributed by atoms with Crippen molar-refractivity contribution < 1.29 is 0 Å². The van der Waals surface area contributed by atoms with Crippen LogP contribution in [0.15, 0.2) is 42.9 Å². The summed E-state index contributed by atoms with van der Waals surface area (Å²) in [7, 11) is 0. The van der Waals surface area contributed by atoms with Crippen LogP contribution in [0.4, 0.5) is 5.69 Å². The van der Waals surface area contributed by atoms with E-state index in [9.17, 15) is 0 Å². The van der Waals surface area contributed by atoms with Crippen molar-refractivity contribution in [3.8, 4) is 0 Å². The minimum absolute atomic E-state index is 0.871. The van der Waals surface area contributed by atoms with E-state index < -0.39 is 0 Å². The normalized spacial score (nSPS) is 10.8. The topological polar surface area (TPSA) is 29.0 Å². The molecule has 0 aliphatic carbocycles. The standard InChI is InChI=1S/C16H19N3/c1-3-19(4-2)16-9-6-14(7-10-16)5-8-15-13-17-11-12-18-15/h5-13H,3-4H2,1-2H3/b8-5+. The smallest absolute Gasteiger partial charge is 0.0813 e. The lowest BCUT2D eigenvalue weighted by molar-refractivity contribution is 0.866. The van der Waals surface area contributed by atoms with Gasteiger partial charge in [-0.3, -0.25) is 9.97 Å². The zero-order valence-electron chi connectivity index (χ0n) is 11.5. The summed E-state index contributed by atoms with van der Waals surface area (Å²) in [6.07, 6.45) is 9.15. The van der Waals surface area contributed by atoms with Gasteiger partial charge in [-0.1, -0.05) is 18.2 Å². The van der Waals surface area contributed by atoms with E-state index in [1.807, 2.05) is 6.08 Å². The molecule has 0 atom stereocenters. The monoisotopic (exact) mass is 253 g/mol. The molecule has 2 rings (SSSR count). The lowest BCUT2D eigenvalue weighted by Gasteiger charge is -2.20. The lowest BCUT2D eigenvalue weighted by Crippen LogP contribution is -2.21. The van der Waals surface area contributed by atoms with Crippen LogP contribution < -0.4 is 4.90 Å². The molecule has 19 heavy (non-hydrogen) atoms. The van der Waals surface area contributed by atoms with E-state index in [0.29, 0.717) is 0 Å². The lowest BCUT2D eigenvalue weighted by atomic mass is 10.1. The fourth-order valence-corrected chi connectivity index (χ4v) is 1.96. The molecule has 2 aromatic rings. The molecule has 3 heteroatoms. The molecule has 0 amide bonds. The molecular weight excluding hydrogens is 234 g/mol. The summed E-state index contributed by atoms with van der Waals surface area (Å²) in [5.74, 6) is 0. The van der Waals surface area contributed by atoms with Gasteiger partial charge >= 0.3 is 0 Å². The van der Waals surface area contributed by atoms with Crippen LogP contribution in [0.25, 0.3) is 12.2 Å². The third kappa shape index (κ3) is 3.65. The number of anilines is 1. The highest BCUT2D eigenvalue weighted by Crippen LogP contribution is 2.16. The Bertz CT molecular complexity index is 513. The maximum Gasteiger partial charge on any atom is 0.0813 e. The van der Waals surface area contributed by atoms with Crippen LogP contribution in [0.5, 0.6) is 0 Å². The van der Waals surface area contributed by atoms with Gasteiger partial charge in [-0.15, -0.1) is 0 Å². The molecule has 0 radical (unpaired) electrons. The maximum atomic E-state index is 4.21. The molecule has 1 aromatic carbocycles. The van der Waals surface area contributed by atoms with Gasteiger partial charge in [0.1, 0.15) is 0 Å². The Kier molecular flexibility index (Phi) is 4.67. The quantitative estimate of drug-likeness (QED) is 0.816. The molecule has 98 valence electrons. The van der Waals surface area contributed by atoms with Crippen molar-refractivity contribution >= 4 is 17.8 Å². The fraction of sp³-hybridized carbons (Fsp3) is 0.250. The van der Waals surface area contributed by atoms with Gasteiger partial charge in [0, 0.05) is 31.2 Å². The zero-order valence-corrected chi connectivity index (χ0v) is 11.5. The summed E-state index contributed by atoms with van der Waals surface area (Å²) in [6.45, 7) is 6.41. The Morgan fingerprint density at radius 3 is 2.32 bits per heavy atom. The summed E-state index contributed by atoms with van der Waals surface area (Å²) < 4.78 is 0. The first kappa shape index (κ1) is 13.3. The number of nitrogens with zero attached hydrogens (tertiary/aromatic N) is 3. The van der Waals surface area contributed by atoms with Gasteiger partial charge in [0.05, 0.1) is 11.9 Å². The largest absolute Gasteiger partial charge is 0.372 e. The fourth-order valence-electron chi connectivity index (χ4n) is 1.96. The third-order valence-corrected chi connectivity index (χ3v) is 3.05. The van der Waals surface area contributed by atoms with Gasteiger partial charge in [-0.05, 0) is 37.6 Å². The van der Waals surface area contributed by atoms with Gasteiger partial charge < -0.3 is 4.90 Å². The minimum atomic E-state index is 0.871. The maximum absolute atomic E-state index is 4.21. The highest BCUT2D eigenvalue weighted by Gasteiger charge is 1.99. The Labute approximate surface area is 114 Å². The third-order valence-electron chi connectivity index (χ3n) is 3.05. The number of aromatic nitrogens is 2. The summed E-state index contributed by atoms with van der Waals surface area (Å²) in [6, 6.07) is 8.56. The molecule has 0 saturated carbocycles. The van der Waals surface area contributed by atoms with Crippen LogP contribution in [0.1, 0.15) is 25.1 Å². The molecule has 0 aliphatic heterocycles. The van der Waals surface area contributed by atoms with E-state index >= 15 is 0 Å². The molecule has 0 saturated heterocycles. The molecule has 0 unspecified atom stereocenters. The van der Waals surface area contributed by atoms with Crippen LogP contribution in [0.3, 0.4) is 0 Å². The first-order chi connectivity index (χ1) is 9.33. The Hall–Kier alpha value is -2.16. The van der Waals surface area contributed by atoms with Crippen molar-refractivity contribution in [2.75, 3.05) is 18.0 Å². The Morgan fingerprint density at radius 2 is 1.74 bits per heavy atom. The van der Waals surface area contributed by atoms with Crippen molar-refractivity contribution in [1.29, 1.82) is 0 Å². The summed E-state index contributed by atoms with van der Waals surface area (Å²) in [5, 5.41) is 0. The van der Waals surface area contributed by atoms with E-state index in [0.717, 1.165) is 18.8 Å². The van der Waals surface area contributed by atoms with Gasteiger partial charge in [0.2, 0.25) is 0 Å². The molecule has 0 spiro atoms. The zero-order chi connectivity index (χ0) is 13.5. The number of rotatable bonds is 5. The van der Waals surface area contributed by atoms with E-state index in [-0.39, 0.29) is 0 Å². The van der Waals surface area contributed by atoms with Crippen LogP contribution in [-0.4, -0.2) is 23.1 Å². The van der Waals surface area contributed by atoms with Crippen molar-refractivity contribution in [2.24, 2.45) is 0 Å². The molecule has 3 nitrogen and oxygen atoms in total. The second-order valence-electron chi connectivity index (χ2n) is 4.23. The van der Waals surface area contributed by atoms with Crippen LogP contribution in [0.2, 0.25) is 0 Å². The molecular formula is C16H19N3. The van der Waals surface area contributed by atoms with E-state index in [4.69, 9.17) is 0 Å². The van der Waals surface area contributed by atoms with Gasteiger partial charge in [-0.2, -0.15) is 0 Å². The summed E-state index contributed by atoms with van der Waals surface area (Å²) in [4.78, 5) is 10.6. The Balaban J connectivity index is 2.09. The molecule has 1 aromatic heterocycles. The highest BCUT2D eigenvalue weighted by molar-refractivity contribution is 5.68. The van der Waals surface area contributed by atoms with Gasteiger partial charge in [0.15, 0.2) is 0 Å². The molecule has 0 N–H and O–H groups in total. The highest BCUT2D eigenvalue weighted by atomic mass is 15.1. The van der Waals surface area contributed by atoms with Crippen molar-refractivity contribution in [2.45, 2.75) is 13.8 Å². The van der Waals surface area contributed by atoms with Gasteiger partial charge in [-0.25, -0.2) is 0 Å². The van der Waals surface area contributed by atoms with Crippen LogP contribution in [-0.2, 0) is 0 Å². The van der Waals surface area contributed by atoms with E-state index in [1.165, 1.54) is 11.3 Å². The summed E-state index contributed by atoms with van der Waals surface area (Å²) >= 11 is 0. The first-order valence-electron chi connectivity index (χ1n) is 6.62. The number of benzene rings is 1. The number of hydrogen-bond donors (Lipinski definition) is 0. The van der Waals surface area contributed by atoms with E-state index in [2.05, 4.69) is 59.1 Å². The van der Waals surface area contributed by atoms with Crippen molar-refractivity contribution in [3.63, 3.8) is 0 Å². The van der Waals surface area contributed by atoms with E-state index in [1.54, 1.807) is 18.6 Å². The van der Waals surface area contributed by atoms with Gasteiger partial charge in [0.25, 0.3) is 0 Å². The molecule has 0 bridgehead atoms. The first-order valence-corrected chi connectivity index (χ1v) is 6.62. The van der Waals surface area contributed by atoms with Crippen molar-refractivity contribution in [1.82, 2.24) is 9.97 Å². The SMILES string of the molecule is CCN(CC)c1ccc(/C=C/c2cnccn2)cc1. The van der Waals surface area contributed by atoms with Crippen LogP contribution >= 0.6 is 0 Å². The average Bonchev–Trinajstić information content (AvgIpc) is 2.49. The minimum Gasteiger partial charge on any atom is -0.372 e. The summed E-state index contributed by atoms with van der Waals surface area (Å²) in [5.41, 5.74) is 3.30. The molecule has 0 fully saturated rings. The average molecular weight is 253 g/mol. The molecule has 1 heterocycles. The predicted molar refractivity (Wildman–Crippen MR) is 81.0 cm³/mol. The van der Waals surface area contributed by atoms with Crippen LogP contribution in [0, 0.1) is 0 Å². The Morgan fingerprint density at radius 1 is 1.00 bits per heavy atom. The second kappa shape index (κ2) is 6.69. The second-order valence-corrected chi connectivity index (χ2v) is 4.23. The number of hydrogen-bond acceptors (Lipinski definition) is 3. The predicted octanol–water partition coefficient (Wildman–Crippen LogP) is 3.49.